The number of halogens is 3. The van der Waals surface area contributed by atoms with Gasteiger partial charge in [0.25, 0.3) is 0 Å². The Hall–Kier alpha value is 0.0400. The van der Waals surface area contributed by atoms with E-state index in [9.17, 15) is 0 Å². The minimum absolute atomic E-state index is 0.211. The maximum Gasteiger partial charge on any atom is 0.127 e. The lowest BCUT2D eigenvalue weighted by atomic mass is 10.0. The third kappa shape index (κ3) is 3.38. The second-order valence-corrected chi connectivity index (χ2v) is 6.36. The van der Waals surface area contributed by atoms with E-state index in [4.69, 9.17) is 27.9 Å². The Balaban J connectivity index is 2.16. The molecule has 1 aromatic rings. The van der Waals surface area contributed by atoms with Gasteiger partial charge in [-0.1, -0.05) is 22.9 Å². The van der Waals surface area contributed by atoms with Gasteiger partial charge in [-0.2, -0.15) is 0 Å². The van der Waals surface area contributed by atoms with Gasteiger partial charge in [-0.25, -0.2) is 0 Å². The lowest BCUT2D eigenvalue weighted by molar-refractivity contribution is 0.344. The Bertz CT molecular complexity index is 441. The maximum atomic E-state index is 6.05. The molecule has 0 saturated carbocycles. The summed E-state index contributed by atoms with van der Waals surface area (Å²) in [7, 11) is 0. The van der Waals surface area contributed by atoms with E-state index >= 15 is 0 Å². The Morgan fingerprint density at radius 3 is 2.74 bits per heavy atom. The highest BCUT2D eigenvalue weighted by Crippen LogP contribution is 2.33. The third-order valence-corrected chi connectivity index (χ3v) is 5.15. The van der Waals surface area contributed by atoms with Gasteiger partial charge in [0.15, 0.2) is 0 Å². The second-order valence-electron chi connectivity index (χ2n) is 4.91. The summed E-state index contributed by atoms with van der Waals surface area (Å²) < 4.78 is 6.81. The van der Waals surface area contributed by atoms with E-state index in [-0.39, 0.29) is 5.54 Å². The molecule has 1 aromatic carbocycles. The Labute approximate surface area is 132 Å². The molecule has 0 saturated heterocycles. The fourth-order valence-electron chi connectivity index (χ4n) is 2.20. The number of alkyl halides is 2. The summed E-state index contributed by atoms with van der Waals surface area (Å²) in [6.07, 6.45) is 1.88. The van der Waals surface area contributed by atoms with Crippen molar-refractivity contribution in [1.82, 2.24) is 5.32 Å². The van der Waals surface area contributed by atoms with Crippen molar-refractivity contribution >= 4 is 39.1 Å². The van der Waals surface area contributed by atoms with Crippen LogP contribution in [0, 0.1) is 0 Å². The molecule has 0 aliphatic carbocycles. The first-order valence-corrected chi connectivity index (χ1v) is 8.31. The van der Waals surface area contributed by atoms with Crippen LogP contribution in [-0.4, -0.2) is 23.9 Å². The molecule has 0 atom stereocenters. The van der Waals surface area contributed by atoms with Gasteiger partial charge in [0.2, 0.25) is 0 Å². The molecule has 0 radical (unpaired) electrons. The van der Waals surface area contributed by atoms with Crippen molar-refractivity contribution in [2.24, 2.45) is 0 Å². The van der Waals surface area contributed by atoms with Crippen LogP contribution < -0.4 is 10.1 Å². The van der Waals surface area contributed by atoms with Crippen molar-refractivity contribution in [2.75, 3.05) is 18.4 Å². The summed E-state index contributed by atoms with van der Waals surface area (Å²) in [6, 6.07) is 4.22. The smallest absolute Gasteiger partial charge is 0.127 e. The monoisotopic (exact) mass is 365 g/mol. The fraction of sp³-hybridized carbons (Fsp3) is 0.571. The van der Waals surface area contributed by atoms with E-state index in [1.807, 2.05) is 0 Å². The highest BCUT2D eigenvalue weighted by molar-refractivity contribution is 9.10. The first-order valence-electron chi connectivity index (χ1n) is 6.45. The van der Waals surface area contributed by atoms with E-state index in [1.165, 1.54) is 5.56 Å². The number of benzene rings is 1. The molecular formula is C14H18BrCl2NO. The Morgan fingerprint density at radius 1 is 1.37 bits per heavy atom. The molecule has 0 spiro atoms. The molecule has 0 fully saturated rings. The van der Waals surface area contributed by atoms with E-state index in [2.05, 4.69) is 40.3 Å². The molecule has 106 valence electrons. The number of rotatable bonds is 6. The van der Waals surface area contributed by atoms with Crippen LogP contribution in [0.5, 0.6) is 5.75 Å². The van der Waals surface area contributed by atoms with Crippen LogP contribution in [0.2, 0.25) is 0 Å². The minimum atomic E-state index is -0.211. The van der Waals surface area contributed by atoms with Crippen LogP contribution in [0.15, 0.2) is 16.6 Å². The predicted molar refractivity (Wildman–Crippen MR) is 84.6 cm³/mol. The number of hydrogen-bond acceptors (Lipinski definition) is 2. The minimum Gasteiger partial charge on any atom is -0.493 e. The Morgan fingerprint density at radius 2 is 2.11 bits per heavy atom. The van der Waals surface area contributed by atoms with E-state index in [0.717, 1.165) is 41.8 Å². The highest BCUT2D eigenvalue weighted by Gasteiger charge is 2.26. The van der Waals surface area contributed by atoms with E-state index < -0.39 is 0 Å². The van der Waals surface area contributed by atoms with Crippen LogP contribution in [0.3, 0.4) is 0 Å². The lowest BCUT2D eigenvalue weighted by Gasteiger charge is -2.30. The molecule has 1 aliphatic rings. The van der Waals surface area contributed by atoms with Crippen LogP contribution in [0.1, 0.15) is 24.5 Å². The zero-order valence-electron chi connectivity index (χ0n) is 10.9. The number of hydrogen-bond donors (Lipinski definition) is 1. The van der Waals surface area contributed by atoms with Gasteiger partial charge in [0.1, 0.15) is 5.75 Å². The molecule has 1 N–H and O–H groups in total. The first-order chi connectivity index (χ1) is 9.14. The maximum absolute atomic E-state index is 6.05. The summed E-state index contributed by atoms with van der Waals surface area (Å²) in [4.78, 5) is 0. The normalized spacial score (nSPS) is 14.3. The topological polar surface area (TPSA) is 21.3 Å². The molecule has 0 aromatic heterocycles. The average molecular weight is 367 g/mol. The van der Waals surface area contributed by atoms with Gasteiger partial charge in [0.05, 0.1) is 6.61 Å². The van der Waals surface area contributed by atoms with Gasteiger partial charge in [-0.3, -0.25) is 0 Å². The van der Waals surface area contributed by atoms with Crippen molar-refractivity contribution in [3.05, 3.63) is 27.7 Å². The van der Waals surface area contributed by atoms with Gasteiger partial charge in [0, 0.05) is 40.3 Å². The molecule has 2 nitrogen and oxygen atoms in total. The molecule has 5 heteroatoms. The molecule has 1 aliphatic heterocycles. The third-order valence-electron chi connectivity index (χ3n) is 3.67. The molecule has 19 heavy (non-hydrogen) atoms. The molecular weight excluding hydrogens is 349 g/mol. The largest absolute Gasteiger partial charge is 0.493 e. The molecule has 0 unspecified atom stereocenters. The quantitative estimate of drug-likeness (QED) is 0.765. The molecule has 0 bridgehead atoms. The van der Waals surface area contributed by atoms with Gasteiger partial charge >= 0.3 is 0 Å². The summed E-state index contributed by atoms with van der Waals surface area (Å²) in [5, 5.41) is 3.49. The summed E-state index contributed by atoms with van der Waals surface area (Å²) in [5.41, 5.74) is 2.22. The van der Waals surface area contributed by atoms with E-state index in [1.54, 1.807) is 0 Å². The Kier molecular flexibility index (Phi) is 5.41. The van der Waals surface area contributed by atoms with Gasteiger partial charge < -0.3 is 10.1 Å². The van der Waals surface area contributed by atoms with Crippen molar-refractivity contribution in [3.8, 4) is 5.75 Å². The first kappa shape index (κ1) is 15.4. The van der Waals surface area contributed by atoms with Crippen molar-refractivity contribution in [2.45, 2.75) is 31.8 Å². The number of ether oxygens (including phenoxy) is 1. The lowest BCUT2D eigenvalue weighted by Crippen LogP contribution is -2.47. The average Bonchev–Trinajstić information content (AvgIpc) is 2.88. The SMILES string of the molecule is CCC(CCl)(CCl)NCc1cc(Br)cc2c1OCC2. The number of nitrogens with one attached hydrogen (secondary N) is 1. The van der Waals surface area contributed by atoms with Gasteiger partial charge in [-0.15, -0.1) is 23.2 Å². The summed E-state index contributed by atoms with van der Waals surface area (Å²) >= 11 is 15.7. The molecule has 0 amide bonds. The summed E-state index contributed by atoms with van der Waals surface area (Å²) in [6.45, 7) is 3.58. The van der Waals surface area contributed by atoms with Crippen molar-refractivity contribution in [3.63, 3.8) is 0 Å². The van der Waals surface area contributed by atoms with Crippen molar-refractivity contribution < 1.29 is 4.74 Å². The standard InChI is InChI=1S/C14H18BrCl2NO/c1-2-14(8-16,9-17)18-7-11-6-12(15)5-10-3-4-19-13(10)11/h5-6,18H,2-4,7-9H2,1H3. The molecule has 2 rings (SSSR count). The fourth-order valence-corrected chi connectivity index (χ4v) is 3.61. The second kappa shape index (κ2) is 6.66. The highest BCUT2D eigenvalue weighted by atomic mass is 79.9. The van der Waals surface area contributed by atoms with Crippen LogP contribution >= 0.6 is 39.1 Å². The zero-order chi connectivity index (χ0) is 13.9. The number of fused-ring (bicyclic) bond motifs is 1. The summed E-state index contributed by atoms with van der Waals surface area (Å²) in [5.74, 6) is 2.03. The predicted octanol–water partition coefficient (Wildman–Crippen LogP) is 4.10. The van der Waals surface area contributed by atoms with E-state index in [0.29, 0.717) is 11.8 Å². The zero-order valence-corrected chi connectivity index (χ0v) is 14.0. The van der Waals surface area contributed by atoms with Gasteiger partial charge in [-0.05, 0) is 24.1 Å². The van der Waals surface area contributed by atoms with Crippen LogP contribution in [0.25, 0.3) is 0 Å². The van der Waals surface area contributed by atoms with Crippen LogP contribution in [-0.2, 0) is 13.0 Å². The van der Waals surface area contributed by atoms with Crippen LogP contribution in [0.4, 0.5) is 0 Å². The van der Waals surface area contributed by atoms with Crippen molar-refractivity contribution in [1.29, 1.82) is 0 Å². The molecule has 1 heterocycles.